The summed E-state index contributed by atoms with van der Waals surface area (Å²) in [5, 5.41) is 21.6. The summed E-state index contributed by atoms with van der Waals surface area (Å²) in [5.74, 6) is 1.00. The van der Waals surface area contributed by atoms with Crippen LogP contribution in [0.5, 0.6) is 5.75 Å². The molecular weight excluding hydrogens is 266 g/mol. The number of aryl methyl sites for hydroxylation is 2. The van der Waals surface area contributed by atoms with E-state index < -0.39 is 0 Å². The first-order valence-corrected chi connectivity index (χ1v) is 6.61. The summed E-state index contributed by atoms with van der Waals surface area (Å²) in [5.41, 5.74) is 3.85. The minimum atomic E-state index is 0.308. The van der Waals surface area contributed by atoms with Crippen LogP contribution >= 0.6 is 0 Å². The third-order valence-electron chi connectivity index (χ3n) is 3.45. The lowest BCUT2D eigenvalue weighted by Crippen LogP contribution is -2.06. The van der Waals surface area contributed by atoms with Crippen LogP contribution in [0.1, 0.15) is 16.7 Å². The van der Waals surface area contributed by atoms with E-state index in [1.54, 1.807) is 23.1 Å². The van der Waals surface area contributed by atoms with E-state index in [4.69, 9.17) is 0 Å². The number of benzene rings is 1. The van der Waals surface area contributed by atoms with Gasteiger partial charge in [-0.25, -0.2) is 4.68 Å². The van der Waals surface area contributed by atoms with Gasteiger partial charge in [0.25, 0.3) is 0 Å². The summed E-state index contributed by atoms with van der Waals surface area (Å²) >= 11 is 0. The number of aromatic hydroxyl groups is 1. The van der Waals surface area contributed by atoms with Crippen molar-refractivity contribution in [3.8, 4) is 17.1 Å². The summed E-state index contributed by atoms with van der Waals surface area (Å²) in [7, 11) is 0. The summed E-state index contributed by atoms with van der Waals surface area (Å²) < 4.78 is 1.74. The standard InChI is InChI=1S/C15H15N5O/c1-10-8-14(21)11(2)7-13(10)9-20-15(17-18-19-20)12-3-5-16-6-4-12/h3-8,21H,9H2,1-2H3. The van der Waals surface area contributed by atoms with E-state index in [2.05, 4.69) is 20.5 Å². The third-order valence-corrected chi connectivity index (χ3v) is 3.45. The molecule has 0 saturated heterocycles. The van der Waals surface area contributed by atoms with Gasteiger partial charge in [0.2, 0.25) is 0 Å². The molecule has 0 aliphatic carbocycles. The zero-order chi connectivity index (χ0) is 14.8. The first kappa shape index (κ1) is 13.2. The molecular formula is C15H15N5O. The third kappa shape index (κ3) is 2.60. The van der Waals surface area contributed by atoms with Gasteiger partial charge in [0, 0.05) is 18.0 Å². The quantitative estimate of drug-likeness (QED) is 0.795. The molecule has 0 aliphatic rings. The Labute approximate surface area is 122 Å². The number of pyridine rings is 1. The molecule has 0 spiro atoms. The average molecular weight is 281 g/mol. The van der Waals surface area contributed by atoms with E-state index in [0.717, 1.165) is 22.3 Å². The summed E-state index contributed by atoms with van der Waals surface area (Å²) in [6.07, 6.45) is 3.43. The van der Waals surface area contributed by atoms with Crippen molar-refractivity contribution in [2.24, 2.45) is 0 Å². The number of hydrogen-bond donors (Lipinski definition) is 1. The number of phenolic OH excluding ortho intramolecular Hbond substituents is 1. The summed E-state index contributed by atoms with van der Waals surface area (Å²) in [6.45, 7) is 4.39. The Hall–Kier alpha value is -2.76. The molecule has 0 atom stereocenters. The highest BCUT2D eigenvalue weighted by Crippen LogP contribution is 2.23. The summed E-state index contributed by atoms with van der Waals surface area (Å²) in [6, 6.07) is 7.47. The largest absolute Gasteiger partial charge is 0.508 e. The molecule has 1 N–H and O–H groups in total. The fraction of sp³-hybridized carbons (Fsp3) is 0.200. The van der Waals surface area contributed by atoms with Crippen molar-refractivity contribution in [1.82, 2.24) is 25.2 Å². The number of tetrazole rings is 1. The number of hydrogen-bond acceptors (Lipinski definition) is 5. The van der Waals surface area contributed by atoms with Crippen molar-refractivity contribution in [3.63, 3.8) is 0 Å². The zero-order valence-electron chi connectivity index (χ0n) is 11.9. The maximum atomic E-state index is 9.73. The lowest BCUT2D eigenvalue weighted by atomic mass is 10.0. The predicted octanol–water partition coefficient (Wildman–Crippen LogP) is 2.11. The molecule has 0 bridgehead atoms. The molecule has 1 aromatic carbocycles. The van der Waals surface area contributed by atoms with Crippen LogP contribution < -0.4 is 0 Å². The zero-order valence-corrected chi connectivity index (χ0v) is 11.9. The van der Waals surface area contributed by atoms with Crippen molar-refractivity contribution in [3.05, 3.63) is 53.3 Å². The van der Waals surface area contributed by atoms with Gasteiger partial charge in [0.15, 0.2) is 5.82 Å². The van der Waals surface area contributed by atoms with Gasteiger partial charge in [-0.2, -0.15) is 0 Å². The number of nitrogens with zero attached hydrogens (tertiary/aromatic N) is 5. The van der Waals surface area contributed by atoms with Crippen LogP contribution in [-0.4, -0.2) is 30.3 Å². The Kier molecular flexibility index (Phi) is 3.35. The molecule has 0 unspecified atom stereocenters. The molecule has 2 aromatic heterocycles. The molecule has 2 heterocycles. The Morgan fingerprint density at radius 2 is 1.86 bits per heavy atom. The molecule has 21 heavy (non-hydrogen) atoms. The number of rotatable bonds is 3. The highest BCUT2D eigenvalue weighted by atomic mass is 16.3. The second kappa shape index (κ2) is 5.32. The van der Waals surface area contributed by atoms with Gasteiger partial charge in [0.05, 0.1) is 6.54 Å². The van der Waals surface area contributed by atoms with Crippen molar-refractivity contribution >= 4 is 0 Å². The molecule has 0 amide bonds. The van der Waals surface area contributed by atoms with Crippen molar-refractivity contribution < 1.29 is 5.11 Å². The van der Waals surface area contributed by atoms with Gasteiger partial charge in [-0.1, -0.05) is 6.07 Å². The van der Waals surface area contributed by atoms with E-state index in [1.807, 2.05) is 32.0 Å². The van der Waals surface area contributed by atoms with E-state index in [-0.39, 0.29) is 0 Å². The van der Waals surface area contributed by atoms with Crippen LogP contribution in [-0.2, 0) is 6.54 Å². The SMILES string of the molecule is Cc1cc(Cn2nnnc2-c2ccncc2)c(C)cc1O. The average Bonchev–Trinajstić information content (AvgIpc) is 2.94. The highest BCUT2D eigenvalue weighted by molar-refractivity contribution is 5.53. The van der Waals surface area contributed by atoms with Crippen molar-refractivity contribution in [2.45, 2.75) is 20.4 Å². The van der Waals surface area contributed by atoms with Gasteiger partial charge >= 0.3 is 0 Å². The molecule has 3 aromatic rings. The maximum Gasteiger partial charge on any atom is 0.182 e. The first-order valence-electron chi connectivity index (χ1n) is 6.61. The Balaban J connectivity index is 1.97. The van der Waals surface area contributed by atoms with Crippen LogP contribution in [0.2, 0.25) is 0 Å². The van der Waals surface area contributed by atoms with Gasteiger partial charge in [-0.05, 0) is 59.2 Å². The van der Waals surface area contributed by atoms with Crippen LogP contribution in [0.15, 0.2) is 36.7 Å². The molecule has 0 radical (unpaired) electrons. The van der Waals surface area contributed by atoms with Crippen LogP contribution in [0.3, 0.4) is 0 Å². The second-order valence-electron chi connectivity index (χ2n) is 4.96. The normalized spacial score (nSPS) is 10.8. The van der Waals surface area contributed by atoms with Gasteiger partial charge in [-0.3, -0.25) is 4.98 Å². The van der Waals surface area contributed by atoms with Crippen molar-refractivity contribution in [2.75, 3.05) is 0 Å². The molecule has 0 aliphatic heterocycles. The van der Waals surface area contributed by atoms with Crippen LogP contribution in [0.25, 0.3) is 11.4 Å². The Morgan fingerprint density at radius 1 is 1.10 bits per heavy atom. The smallest absolute Gasteiger partial charge is 0.182 e. The molecule has 106 valence electrons. The molecule has 6 nitrogen and oxygen atoms in total. The number of aromatic nitrogens is 5. The van der Waals surface area contributed by atoms with E-state index in [1.165, 1.54) is 0 Å². The maximum absolute atomic E-state index is 9.73. The van der Waals surface area contributed by atoms with Crippen LogP contribution in [0, 0.1) is 13.8 Å². The monoisotopic (exact) mass is 281 g/mol. The minimum absolute atomic E-state index is 0.308. The van der Waals surface area contributed by atoms with E-state index in [0.29, 0.717) is 18.1 Å². The van der Waals surface area contributed by atoms with Gasteiger partial charge < -0.3 is 5.11 Å². The predicted molar refractivity (Wildman–Crippen MR) is 77.7 cm³/mol. The van der Waals surface area contributed by atoms with Crippen molar-refractivity contribution in [1.29, 1.82) is 0 Å². The molecule has 0 saturated carbocycles. The Morgan fingerprint density at radius 3 is 2.62 bits per heavy atom. The minimum Gasteiger partial charge on any atom is -0.508 e. The fourth-order valence-electron chi connectivity index (χ4n) is 2.21. The van der Waals surface area contributed by atoms with Gasteiger partial charge in [0.1, 0.15) is 5.75 Å². The topological polar surface area (TPSA) is 76.7 Å². The van der Waals surface area contributed by atoms with E-state index in [9.17, 15) is 5.11 Å². The lowest BCUT2D eigenvalue weighted by Gasteiger charge is -2.10. The molecule has 3 rings (SSSR count). The first-order chi connectivity index (χ1) is 10.1. The lowest BCUT2D eigenvalue weighted by molar-refractivity contribution is 0.470. The fourth-order valence-corrected chi connectivity index (χ4v) is 2.21. The molecule has 6 heteroatoms. The Bertz CT molecular complexity index is 767. The summed E-state index contributed by atoms with van der Waals surface area (Å²) in [4.78, 5) is 4.00. The molecule has 0 fully saturated rings. The van der Waals surface area contributed by atoms with Gasteiger partial charge in [-0.15, -0.1) is 5.10 Å². The van der Waals surface area contributed by atoms with E-state index >= 15 is 0 Å². The van der Waals surface area contributed by atoms with Crippen LogP contribution in [0.4, 0.5) is 0 Å². The second-order valence-corrected chi connectivity index (χ2v) is 4.96. The number of phenols is 1. The highest BCUT2D eigenvalue weighted by Gasteiger charge is 2.11.